The van der Waals surface area contributed by atoms with Crippen LogP contribution in [0.3, 0.4) is 0 Å². The van der Waals surface area contributed by atoms with Gasteiger partial charge in [-0.15, -0.1) is 24.0 Å². The minimum absolute atomic E-state index is 0. The van der Waals surface area contributed by atoms with Gasteiger partial charge in [0.05, 0.1) is 5.69 Å². The van der Waals surface area contributed by atoms with Crippen molar-refractivity contribution in [3.05, 3.63) is 39.3 Å². The number of hydrogen-bond donors (Lipinski definition) is 2. The lowest BCUT2D eigenvalue weighted by atomic mass is 10.1. The molecule has 7 heteroatoms. The van der Waals surface area contributed by atoms with E-state index in [0.717, 1.165) is 31.9 Å². The van der Waals surface area contributed by atoms with Crippen LogP contribution in [-0.4, -0.2) is 29.3 Å². The number of halogens is 1. The Bertz CT molecular complexity index is 663. The number of aryl methyl sites for hydroxylation is 2. The molecule has 1 atom stereocenters. The van der Waals surface area contributed by atoms with E-state index in [-0.39, 0.29) is 24.0 Å². The van der Waals surface area contributed by atoms with Gasteiger partial charge in [-0.25, -0.2) is 0 Å². The fourth-order valence-corrected chi connectivity index (χ4v) is 3.69. The van der Waals surface area contributed by atoms with Gasteiger partial charge in [-0.3, -0.25) is 9.67 Å². The summed E-state index contributed by atoms with van der Waals surface area (Å²) in [5, 5.41) is 15.8. The van der Waals surface area contributed by atoms with E-state index in [4.69, 9.17) is 0 Å². The van der Waals surface area contributed by atoms with Crippen LogP contribution in [0.15, 0.2) is 21.8 Å². The summed E-state index contributed by atoms with van der Waals surface area (Å²) >= 11 is 1.74. The van der Waals surface area contributed by atoms with Gasteiger partial charge in [0, 0.05) is 38.4 Å². The van der Waals surface area contributed by atoms with Crippen molar-refractivity contribution in [2.75, 3.05) is 13.6 Å². The van der Waals surface area contributed by atoms with Crippen molar-refractivity contribution in [1.82, 2.24) is 20.4 Å². The van der Waals surface area contributed by atoms with Crippen LogP contribution < -0.4 is 10.6 Å². The number of thiophene rings is 1. The molecular formula is C18H30IN5S. The average Bonchev–Trinajstić information content (AvgIpc) is 3.22. The Kier molecular flexibility index (Phi) is 9.48. The third-order valence-electron chi connectivity index (χ3n) is 4.37. The van der Waals surface area contributed by atoms with Gasteiger partial charge in [0.2, 0.25) is 0 Å². The summed E-state index contributed by atoms with van der Waals surface area (Å²) in [6.07, 6.45) is 1.94. The van der Waals surface area contributed by atoms with Crippen LogP contribution in [0.1, 0.15) is 49.2 Å². The van der Waals surface area contributed by atoms with Crippen LogP contribution in [0.25, 0.3) is 0 Å². The Balaban J connectivity index is 0.00000312. The smallest absolute Gasteiger partial charge is 0.191 e. The van der Waals surface area contributed by atoms with Crippen LogP contribution in [0, 0.1) is 0 Å². The Labute approximate surface area is 172 Å². The number of aromatic nitrogens is 2. The maximum atomic E-state index is 4.63. The van der Waals surface area contributed by atoms with E-state index in [1.807, 2.05) is 18.8 Å². The molecule has 0 amide bonds. The van der Waals surface area contributed by atoms with Gasteiger partial charge in [0.15, 0.2) is 5.96 Å². The maximum absolute atomic E-state index is 4.63. The van der Waals surface area contributed by atoms with E-state index in [0.29, 0.717) is 5.92 Å². The fraction of sp³-hybridized carbons (Fsp3) is 0.556. The van der Waals surface area contributed by atoms with Gasteiger partial charge < -0.3 is 10.6 Å². The molecule has 5 nitrogen and oxygen atoms in total. The van der Waals surface area contributed by atoms with Gasteiger partial charge in [0.25, 0.3) is 0 Å². The highest BCUT2D eigenvalue weighted by molar-refractivity contribution is 14.0. The van der Waals surface area contributed by atoms with Gasteiger partial charge in [-0.1, -0.05) is 20.8 Å². The van der Waals surface area contributed by atoms with Crippen LogP contribution >= 0.6 is 35.3 Å². The summed E-state index contributed by atoms with van der Waals surface area (Å²) in [5.74, 6) is 1.30. The first-order valence-corrected chi connectivity index (χ1v) is 9.55. The first kappa shape index (κ1) is 22.0. The third kappa shape index (κ3) is 5.70. The number of hydrogen-bond acceptors (Lipinski definition) is 3. The second-order valence-corrected chi connectivity index (χ2v) is 6.75. The van der Waals surface area contributed by atoms with Crippen molar-refractivity contribution < 1.29 is 0 Å². The molecule has 0 aliphatic carbocycles. The van der Waals surface area contributed by atoms with Crippen molar-refractivity contribution in [1.29, 1.82) is 0 Å². The molecule has 2 N–H and O–H groups in total. The summed E-state index contributed by atoms with van der Waals surface area (Å²) in [6.45, 7) is 8.18. The summed E-state index contributed by atoms with van der Waals surface area (Å²) in [6, 6.07) is 2.18. The van der Waals surface area contributed by atoms with Crippen LogP contribution in [-0.2, 0) is 26.4 Å². The molecule has 0 bridgehead atoms. The number of rotatable bonds is 7. The molecule has 1 unspecified atom stereocenters. The second-order valence-electron chi connectivity index (χ2n) is 5.97. The first-order chi connectivity index (χ1) is 11.6. The minimum atomic E-state index is 0. The molecule has 2 aromatic heterocycles. The third-order valence-corrected chi connectivity index (χ3v) is 5.07. The summed E-state index contributed by atoms with van der Waals surface area (Å²) in [5.41, 5.74) is 5.14. The number of aliphatic imine (C=N–C) groups is 1. The number of nitrogens with one attached hydrogen (secondary N) is 2. The topological polar surface area (TPSA) is 54.2 Å². The van der Waals surface area contributed by atoms with Crippen LogP contribution in [0.2, 0.25) is 0 Å². The van der Waals surface area contributed by atoms with Crippen molar-refractivity contribution in [3.8, 4) is 0 Å². The van der Waals surface area contributed by atoms with Crippen LogP contribution in [0.4, 0.5) is 0 Å². The van der Waals surface area contributed by atoms with Gasteiger partial charge in [0.1, 0.15) is 0 Å². The fourth-order valence-electron chi connectivity index (χ4n) is 2.91. The molecule has 2 heterocycles. The Morgan fingerprint density at radius 1 is 1.32 bits per heavy atom. The van der Waals surface area contributed by atoms with E-state index in [9.17, 15) is 0 Å². The Morgan fingerprint density at radius 3 is 2.64 bits per heavy atom. The molecule has 2 rings (SSSR count). The monoisotopic (exact) mass is 475 g/mol. The lowest BCUT2D eigenvalue weighted by Crippen LogP contribution is -2.38. The lowest BCUT2D eigenvalue weighted by molar-refractivity contribution is 0.695. The lowest BCUT2D eigenvalue weighted by Gasteiger charge is -2.16. The van der Waals surface area contributed by atoms with Crippen LogP contribution in [0.5, 0.6) is 0 Å². The highest BCUT2D eigenvalue weighted by Crippen LogP contribution is 2.17. The summed E-state index contributed by atoms with van der Waals surface area (Å²) < 4.78 is 2.00. The van der Waals surface area contributed by atoms with E-state index >= 15 is 0 Å². The zero-order valence-corrected chi connectivity index (χ0v) is 18.9. The molecule has 0 saturated heterocycles. The molecule has 0 aliphatic rings. The second kappa shape index (κ2) is 10.8. The van der Waals surface area contributed by atoms with Crippen molar-refractivity contribution in [2.45, 2.75) is 46.1 Å². The van der Waals surface area contributed by atoms with Crippen molar-refractivity contribution in [3.63, 3.8) is 0 Å². The van der Waals surface area contributed by atoms with E-state index < -0.39 is 0 Å². The minimum Gasteiger partial charge on any atom is -0.356 e. The van der Waals surface area contributed by atoms with Gasteiger partial charge >= 0.3 is 0 Å². The Hall–Kier alpha value is -1.09. The first-order valence-electron chi connectivity index (χ1n) is 8.60. The SMILES string of the molecule is CCc1nn(C)c(CC)c1CNC(=NC)NCC(C)c1ccsc1.I. The summed E-state index contributed by atoms with van der Waals surface area (Å²) in [4.78, 5) is 4.34. The molecule has 25 heavy (non-hydrogen) atoms. The number of nitrogens with zero attached hydrogens (tertiary/aromatic N) is 3. The van der Waals surface area contributed by atoms with Crippen molar-refractivity contribution in [2.24, 2.45) is 12.0 Å². The molecule has 0 saturated carbocycles. The number of guanidine groups is 1. The predicted octanol–water partition coefficient (Wildman–Crippen LogP) is 3.69. The van der Waals surface area contributed by atoms with Crippen molar-refractivity contribution >= 4 is 41.3 Å². The zero-order chi connectivity index (χ0) is 17.5. The quantitative estimate of drug-likeness (QED) is 0.365. The van der Waals surface area contributed by atoms with E-state index in [1.165, 1.54) is 22.5 Å². The highest BCUT2D eigenvalue weighted by atomic mass is 127. The molecule has 0 spiro atoms. The molecule has 2 aromatic rings. The normalized spacial score (nSPS) is 12.6. The molecule has 0 fully saturated rings. The molecular weight excluding hydrogens is 445 g/mol. The zero-order valence-electron chi connectivity index (χ0n) is 15.8. The predicted molar refractivity (Wildman–Crippen MR) is 118 cm³/mol. The van der Waals surface area contributed by atoms with Gasteiger partial charge in [-0.05, 0) is 41.1 Å². The Morgan fingerprint density at radius 2 is 2.08 bits per heavy atom. The molecule has 140 valence electrons. The molecule has 0 aliphatic heterocycles. The molecule has 0 radical (unpaired) electrons. The maximum Gasteiger partial charge on any atom is 0.191 e. The summed E-state index contributed by atoms with van der Waals surface area (Å²) in [7, 11) is 3.84. The average molecular weight is 475 g/mol. The highest BCUT2D eigenvalue weighted by Gasteiger charge is 2.14. The van der Waals surface area contributed by atoms with E-state index in [1.54, 1.807) is 11.3 Å². The standard InChI is InChI=1S/C18H29N5S.HI/c1-6-16-15(17(7-2)23(5)22-16)11-21-18(19-4)20-10-13(3)14-8-9-24-12-14;/h8-9,12-13H,6-7,10-11H2,1-5H3,(H2,19,20,21);1H. The molecule has 0 aromatic carbocycles. The van der Waals surface area contributed by atoms with E-state index in [2.05, 4.69) is 58.3 Å². The largest absolute Gasteiger partial charge is 0.356 e. The van der Waals surface area contributed by atoms with Gasteiger partial charge in [-0.2, -0.15) is 16.4 Å².